The van der Waals surface area contributed by atoms with Crippen molar-refractivity contribution in [2.24, 2.45) is 0 Å². The Morgan fingerprint density at radius 2 is 1.82 bits per heavy atom. The molecule has 1 unspecified atom stereocenters. The minimum atomic E-state index is -0.101. The summed E-state index contributed by atoms with van der Waals surface area (Å²) in [4.78, 5) is 25.8. The molecule has 1 N–H and O–H groups in total. The molecule has 0 spiro atoms. The number of benzene rings is 1. The molecule has 0 saturated heterocycles. The molecule has 0 aliphatic heterocycles. The number of carbonyl (C=O) groups is 2. The second-order valence-corrected chi connectivity index (χ2v) is 6.14. The Kier molecular flexibility index (Phi) is 5.99. The first-order valence-electron chi connectivity index (χ1n) is 8.19. The molecule has 0 heterocycles. The number of hydrogen-bond acceptors (Lipinski definition) is 2. The van der Waals surface area contributed by atoms with Crippen LogP contribution in [0.25, 0.3) is 0 Å². The van der Waals surface area contributed by atoms with Gasteiger partial charge in [0.1, 0.15) is 6.54 Å². The molecular formula is C18H26N2O2. The summed E-state index contributed by atoms with van der Waals surface area (Å²) in [6, 6.07) is 10.00. The van der Waals surface area contributed by atoms with Crippen molar-refractivity contribution < 1.29 is 9.59 Å². The van der Waals surface area contributed by atoms with Crippen molar-refractivity contribution in [3.63, 3.8) is 0 Å². The standard InChI is InChI=1S/C18H26N2O2/c1-14(16-9-5-3-6-10-16)20(15(2)21)13-18(22)19-17-11-7-4-8-12-17/h3,5-6,9-10,14,17H,4,7-8,11-13H2,1-2H3,(H,19,22). The summed E-state index contributed by atoms with van der Waals surface area (Å²) in [5.41, 5.74) is 1.04. The number of hydrogen-bond donors (Lipinski definition) is 1. The predicted octanol–water partition coefficient (Wildman–Crippen LogP) is 3.05. The Morgan fingerprint density at radius 1 is 1.18 bits per heavy atom. The van der Waals surface area contributed by atoms with Crippen molar-refractivity contribution >= 4 is 11.8 Å². The summed E-state index contributed by atoms with van der Waals surface area (Å²) >= 11 is 0. The first kappa shape index (κ1) is 16.5. The van der Waals surface area contributed by atoms with Crippen LogP contribution in [0.2, 0.25) is 0 Å². The molecule has 22 heavy (non-hydrogen) atoms. The summed E-state index contributed by atoms with van der Waals surface area (Å²) in [5.74, 6) is -0.125. The molecule has 1 aliphatic rings. The van der Waals surface area contributed by atoms with Gasteiger partial charge in [-0.2, -0.15) is 0 Å². The molecule has 120 valence electrons. The van der Waals surface area contributed by atoms with Crippen LogP contribution in [0.3, 0.4) is 0 Å². The molecule has 0 radical (unpaired) electrons. The number of nitrogens with zero attached hydrogens (tertiary/aromatic N) is 1. The van der Waals surface area contributed by atoms with E-state index in [1.807, 2.05) is 37.3 Å². The Morgan fingerprint density at radius 3 is 2.41 bits per heavy atom. The highest BCUT2D eigenvalue weighted by Crippen LogP contribution is 2.20. The maximum atomic E-state index is 12.3. The normalized spacial score (nSPS) is 16.8. The van der Waals surface area contributed by atoms with E-state index in [2.05, 4.69) is 5.32 Å². The highest BCUT2D eigenvalue weighted by molar-refractivity contribution is 5.84. The molecule has 1 aromatic carbocycles. The van der Waals surface area contributed by atoms with Crippen molar-refractivity contribution in [3.05, 3.63) is 35.9 Å². The van der Waals surface area contributed by atoms with E-state index in [0.717, 1.165) is 18.4 Å². The third-order valence-electron chi connectivity index (χ3n) is 4.44. The first-order valence-corrected chi connectivity index (χ1v) is 8.19. The summed E-state index contributed by atoms with van der Waals surface area (Å²) in [5, 5.41) is 3.08. The van der Waals surface area contributed by atoms with Crippen LogP contribution >= 0.6 is 0 Å². The summed E-state index contributed by atoms with van der Waals surface area (Å²) in [6.45, 7) is 3.61. The Hall–Kier alpha value is -1.84. The highest BCUT2D eigenvalue weighted by atomic mass is 16.2. The van der Waals surface area contributed by atoms with Gasteiger partial charge in [0, 0.05) is 13.0 Å². The van der Waals surface area contributed by atoms with E-state index in [1.54, 1.807) is 4.90 Å². The van der Waals surface area contributed by atoms with Gasteiger partial charge in [-0.15, -0.1) is 0 Å². The molecular weight excluding hydrogens is 276 g/mol. The van der Waals surface area contributed by atoms with Crippen molar-refractivity contribution in [2.45, 2.75) is 58.0 Å². The average Bonchev–Trinajstić information content (AvgIpc) is 2.53. The van der Waals surface area contributed by atoms with E-state index in [9.17, 15) is 9.59 Å². The van der Waals surface area contributed by atoms with Crippen LogP contribution in [0.4, 0.5) is 0 Å². The lowest BCUT2D eigenvalue weighted by atomic mass is 9.95. The van der Waals surface area contributed by atoms with Crippen LogP contribution in [0.1, 0.15) is 57.6 Å². The monoisotopic (exact) mass is 302 g/mol. The van der Waals surface area contributed by atoms with Gasteiger partial charge in [-0.1, -0.05) is 49.6 Å². The molecule has 1 atom stereocenters. The summed E-state index contributed by atoms with van der Waals surface area (Å²) < 4.78 is 0. The molecule has 1 saturated carbocycles. The predicted molar refractivity (Wildman–Crippen MR) is 87.3 cm³/mol. The van der Waals surface area contributed by atoms with Crippen molar-refractivity contribution in [3.8, 4) is 0 Å². The van der Waals surface area contributed by atoms with Gasteiger partial charge in [0.05, 0.1) is 6.04 Å². The van der Waals surface area contributed by atoms with Gasteiger partial charge in [0.15, 0.2) is 0 Å². The van der Waals surface area contributed by atoms with Crippen LogP contribution in [0.5, 0.6) is 0 Å². The summed E-state index contributed by atoms with van der Waals surface area (Å²) in [7, 11) is 0. The molecule has 0 bridgehead atoms. The maximum Gasteiger partial charge on any atom is 0.239 e. The highest BCUT2D eigenvalue weighted by Gasteiger charge is 2.23. The Bertz CT molecular complexity index is 495. The van der Waals surface area contributed by atoms with E-state index in [-0.39, 0.29) is 30.4 Å². The zero-order chi connectivity index (χ0) is 15.9. The topological polar surface area (TPSA) is 49.4 Å². The SMILES string of the molecule is CC(=O)N(CC(=O)NC1CCCCC1)C(C)c1ccccc1. The van der Waals surface area contributed by atoms with Crippen LogP contribution in [0.15, 0.2) is 30.3 Å². The van der Waals surface area contributed by atoms with Gasteiger partial charge in [0.25, 0.3) is 0 Å². The molecule has 4 heteroatoms. The number of carbonyl (C=O) groups excluding carboxylic acids is 2. The van der Waals surface area contributed by atoms with Gasteiger partial charge in [0.2, 0.25) is 11.8 Å². The van der Waals surface area contributed by atoms with Crippen LogP contribution < -0.4 is 5.32 Å². The molecule has 4 nitrogen and oxygen atoms in total. The van der Waals surface area contributed by atoms with Gasteiger partial charge >= 0.3 is 0 Å². The molecule has 2 rings (SSSR count). The smallest absolute Gasteiger partial charge is 0.239 e. The fourth-order valence-electron chi connectivity index (χ4n) is 3.11. The van der Waals surface area contributed by atoms with Crippen molar-refractivity contribution in [1.82, 2.24) is 10.2 Å². The van der Waals surface area contributed by atoms with E-state index >= 15 is 0 Å². The van der Waals surface area contributed by atoms with Gasteiger partial charge in [-0.3, -0.25) is 9.59 Å². The fourth-order valence-corrected chi connectivity index (χ4v) is 3.11. The number of rotatable bonds is 5. The Labute approximate surface area is 132 Å². The lowest BCUT2D eigenvalue weighted by Crippen LogP contribution is -2.45. The van der Waals surface area contributed by atoms with Gasteiger partial charge in [-0.25, -0.2) is 0 Å². The number of amides is 2. The van der Waals surface area contributed by atoms with Crippen molar-refractivity contribution in [1.29, 1.82) is 0 Å². The third kappa shape index (κ3) is 4.58. The molecule has 0 aromatic heterocycles. The first-order chi connectivity index (χ1) is 10.6. The zero-order valence-corrected chi connectivity index (χ0v) is 13.5. The lowest BCUT2D eigenvalue weighted by Gasteiger charge is -2.29. The van der Waals surface area contributed by atoms with Crippen LogP contribution in [-0.4, -0.2) is 29.3 Å². The largest absolute Gasteiger partial charge is 0.352 e. The maximum absolute atomic E-state index is 12.3. The minimum absolute atomic E-state index is 0.0510. The number of nitrogens with one attached hydrogen (secondary N) is 1. The van der Waals surface area contributed by atoms with Crippen LogP contribution in [0, 0.1) is 0 Å². The molecule has 1 fully saturated rings. The minimum Gasteiger partial charge on any atom is -0.352 e. The quantitative estimate of drug-likeness (QED) is 0.909. The van der Waals surface area contributed by atoms with Crippen LogP contribution in [-0.2, 0) is 9.59 Å². The fraction of sp³-hybridized carbons (Fsp3) is 0.556. The molecule has 1 aliphatic carbocycles. The van der Waals surface area contributed by atoms with E-state index in [4.69, 9.17) is 0 Å². The zero-order valence-electron chi connectivity index (χ0n) is 13.5. The Balaban J connectivity index is 1.96. The van der Waals surface area contributed by atoms with E-state index < -0.39 is 0 Å². The van der Waals surface area contributed by atoms with E-state index in [0.29, 0.717) is 0 Å². The lowest BCUT2D eigenvalue weighted by molar-refractivity contribution is -0.136. The second kappa shape index (κ2) is 7.97. The van der Waals surface area contributed by atoms with Gasteiger partial charge < -0.3 is 10.2 Å². The van der Waals surface area contributed by atoms with Crippen molar-refractivity contribution in [2.75, 3.05) is 6.54 Å². The average molecular weight is 302 g/mol. The third-order valence-corrected chi connectivity index (χ3v) is 4.44. The van der Waals surface area contributed by atoms with Gasteiger partial charge in [-0.05, 0) is 25.3 Å². The molecule has 2 amide bonds. The van der Waals surface area contributed by atoms with E-state index in [1.165, 1.54) is 26.2 Å². The molecule has 1 aromatic rings. The summed E-state index contributed by atoms with van der Waals surface area (Å²) in [6.07, 6.45) is 5.74. The second-order valence-electron chi connectivity index (χ2n) is 6.14.